The number of fused-ring (bicyclic) bond motifs is 2. The first-order valence-corrected chi connectivity index (χ1v) is 11.9. The van der Waals surface area contributed by atoms with Crippen molar-refractivity contribution >= 4 is 29.0 Å². The lowest BCUT2D eigenvalue weighted by molar-refractivity contribution is -0.183. The van der Waals surface area contributed by atoms with Crippen molar-refractivity contribution in [3.63, 3.8) is 0 Å². The van der Waals surface area contributed by atoms with Crippen molar-refractivity contribution in [2.75, 3.05) is 19.7 Å². The molecule has 1 unspecified atom stereocenters. The first-order chi connectivity index (χ1) is 17.3. The SMILES string of the molecule is Cl.NC1CCN([C@H](c2ccc3nnc(-c4ccc5cc(F)cc(OCC6CC6)c5n4)n3c2)C(F)(F)F)C1. The Balaban J connectivity index is 0.00000280. The summed E-state index contributed by atoms with van der Waals surface area (Å²) in [5.41, 5.74) is 7.20. The van der Waals surface area contributed by atoms with E-state index in [1.54, 1.807) is 12.1 Å². The van der Waals surface area contributed by atoms with Gasteiger partial charge in [-0.05, 0) is 48.9 Å². The van der Waals surface area contributed by atoms with Crippen LogP contribution >= 0.6 is 12.4 Å². The van der Waals surface area contributed by atoms with E-state index in [4.69, 9.17) is 10.5 Å². The maximum Gasteiger partial charge on any atom is 0.408 e. The van der Waals surface area contributed by atoms with E-state index in [-0.39, 0.29) is 42.9 Å². The van der Waals surface area contributed by atoms with Crippen LogP contribution in [0, 0.1) is 11.7 Å². The molecule has 2 fully saturated rings. The minimum absolute atomic E-state index is 0. The molecule has 3 aromatic heterocycles. The van der Waals surface area contributed by atoms with Gasteiger partial charge in [0.1, 0.15) is 28.8 Å². The van der Waals surface area contributed by atoms with E-state index < -0.39 is 18.0 Å². The van der Waals surface area contributed by atoms with Crippen LogP contribution in [0.25, 0.3) is 28.1 Å². The largest absolute Gasteiger partial charge is 0.491 e. The van der Waals surface area contributed by atoms with Gasteiger partial charge < -0.3 is 10.5 Å². The summed E-state index contributed by atoms with van der Waals surface area (Å²) < 4.78 is 63.9. The van der Waals surface area contributed by atoms with Gasteiger partial charge in [-0.3, -0.25) is 9.30 Å². The van der Waals surface area contributed by atoms with Crippen LogP contribution in [-0.4, -0.2) is 56.4 Å². The molecule has 6 rings (SSSR count). The summed E-state index contributed by atoms with van der Waals surface area (Å²) in [5.74, 6) is 0.651. The third kappa shape index (κ3) is 5.07. The Morgan fingerprint density at radius 1 is 1.08 bits per heavy atom. The van der Waals surface area contributed by atoms with Crippen molar-refractivity contribution in [1.82, 2.24) is 24.5 Å². The normalized spacial score (nSPS) is 19.3. The van der Waals surface area contributed by atoms with E-state index in [1.807, 2.05) is 0 Å². The molecule has 1 aliphatic heterocycles. The highest BCUT2D eigenvalue weighted by molar-refractivity contribution is 5.86. The van der Waals surface area contributed by atoms with Crippen LogP contribution in [0.2, 0.25) is 0 Å². The van der Waals surface area contributed by atoms with Gasteiger partial charge >= 0.3 is 6.18 Å². The van der Waals surface area contributed by atoms with Crippen molar-refractivity contribution in [3.05, 3.63) is 54.0 Å². The van der Waals surface area contributed by atoms with Crippen molar-refractivity contribution < 1.29 is 22.3 Å². The van der Waals surface area contributed by atoms with E-state index in [9.17, 15) is 17.6 Å². The predicted octanol–water partition coefficient (Wildman–Crippen LogP) is 4.93. The molecule has 0 radical (unpaired) electrons. The fourth-order valence-corrected chi connectivity index (χ4v) is 4.79. The Kier molecular flexibility index (Phi) is 6.71. The third-order valence-electron chi connectivity index (χ3n) is 6.80. The molecule has 1 aliphatic carbocycles. The fourth-order valence-electron chi connectivity index (χ4n) is 4.79. The fraction of sp³-hybridized carbons (Fsp3) is 0.400. The molecule has 7 nitrogen and oxygen atoms in total. The molecule has 37 heavy (non-hydrogen) atoms. The lowest BCUT2D eigenvalue weighted by Crippen LogP contribution is -2.38. The molecule has 2 atom stereocenters. The van der Waals surface area contributed by atoms with Crippen LogP contribution in [0.15, 0.2) is 42.6 Å². The van der Waals surface area contributed by atoms with Gasteiger partial charge in [0.2, 0.25) is 0 Å². The number of alkyl halides is 3. The molecule has 0 amide bonds. The highest BCUT2D eigenvalue weighted by Crippen LogP contribution is 2.40. The van der Waals surface area contributed by atoms with Gasteiger partial charge in [0.05, 0.1) is 6.61 Å². The van der Waals surface area contributed by atoms with E-state index in [0.29, 0.717) is 46.9 Å². The topological polar surface area (TPSA) is 81.6 Å². The summed E-state index contributed by atoms with van der Waals surface area (Å²) in [5, 5.41) is 8.87. The monoisotopic (exact) mass is 536 g/mol. The van der Waals surface area contributed by atoms with Gasteiger partial charge in [-0.1, -0.05) is 12.1 Å². The van der Waals surface area contributed by atoms with Crippen LogP contribution in [0.5, 0.6) is 5.75 Å². The summed E-state index contributed by atoms with van der Waals surface area (Å²) in [4.78, 5) is 6.02. The van der Waals surface area contributed by atoms with Crippen molar-refractivity contribution in [1.29, 1.82) is 0 Å². The number of hydrogen-bond donors (Lipinski definition) is 1. The number of pyridine rings is 2. The Labute approximate surface area is 216 Å². The van der Waals surface area contributed by atoms with Crippen LogP contribution in [0.1, 0.15) is 30.9 Å². The smallest absolute Gasteiger partial charge is 0.408 e. The zero-order valence-electron chi connectivity index (χ0n) is 19.7. The van der Waals surface area contributed by atoms with Crippen LogP contribution in [0.4, 0.5) is 17.6 Å². The standard InChI is InChI=1S/C25H24F4N6O.ClH/c26-17-9-15-3-5-19(31-22(15)20(10-17)36-13-14-1-2-14)24-33-32-21-6-4-16(11-35(21)24)23(25(27,28)29)34-8-7-18(30)12-34;/h3-6,9-11,14,18,23H,1-2,7-8,12-13,30H2;1H/t18?,23-;/m1./s1. The summed E-state index contributed by atoms with van der Waals surface area (Å²) in [6.45, 7) is 0.926. The number of nitrogens with two attached hydrogens (primary N) is 1. The van der Waals surface area contributed by atoms with Gasteiger partial charge in [-0.2, -0.15) is 13.2 Å². The van der Waals surface area contributed by atoms with E-state index in [2.05, 4.69) is 15.2 Å². The molecule has 1 saturated heterocycles. The second-order valence-electron chi connectivity index (χ2n) is 9.63. The Hall–Kier alpha value is -3.02. The third-order valence-corrected chi connectivity index (χ3v) is 6.80. The van der Waals surface area contributed by atoms with Crippen molar-refractivity contribution in [3.8, 4) is 17.3 Å². The summed E-state index contributed by atoms with van der Waals surface area (Å²) in [7, 11) is 0. The van der Waals surface area contributed by atoms with Crippen LogP contribution < -0.4 is 10.5 Å². The number of ether oxygens (including phenoxy) is 1. The molecule has 2 aliphatic rings. The van der Waals surface area contributed by atoms with Gasteiger partial charge in [0, 0.05) is 36.8 Å². The molecular formula is C25H25ClF4N6O. The van der Waals surface area contributed by atoms with Crippen LogP contribution in [-0.2, 0) is 0 Å². The van der Waals surface area contributed by atoms with Crippen LogP contribution in [0.3, 0.4) is 0 Å². The van der Waals surface area contributed by atoms with E-state index >= 15 is 0 Å². The van der Waals surface area contributed by atoms with Crippen molar-refractivity contribution in [2.45, 2.75) is 37.5 Å². The van der Waals surface area contributed by atoms with Crippen molar-refractivity contribution in [2.24, 2.45) is 11.7 Å². The van der Waals surface area contributed by atoms with E-state index in [0.717, 1.165) is 12.8 Å². The Morgan fingerprint density at radius 3 is 2.59 bits per heavy atom. The molecule has 12 heteroatoms. The second-order valence-corrected chi connectivity index (χ2v) is 9.63. The van der Waals surface area contributed by atoms with E-state index in [1.165, 1.54) is 39.8 Å². The summed E-state index contributed by atoms with van der Waals surface area (Å²) in [6.07, 6.45) is -0.386. The molecule has 0 spiro atoms. The molecule has 1 saturated carbocycles. The molecule has 1 aromatic carbocycles. The molecule has 196 valence electrons. The Bertz CT molecular complexity index is 1440. The summed E-state index contributed by atoms with van der Waals surface area (Å²) >= 11 is 0. The number of likely N-dealkylation sites (tertiary alicyclic amines) is 1. The number of halogens is 5. The highest BCUT2D eigenvalue weighted by atomic mass is 35.5. The first kappa shape index (κ1) is 25.6. The minimum Gasteiger partial charge on any atom is -0.491 e. The van der Waals surface area contributed by atoms with Gasteiger partial charge in [-0.25, -0.2) is 9.37 Å². The van der Waals surface area contributed by atoms with Gasteiger partial charge in [0.25, 0.3) is 0 Å². The summed E-state index contributed by atoms with van der Waals surface area (Å²) in [6, 6.07) is 6.88. The number of aromatic nitrogens is 4. The minimum atomic E-state index is -4.48. The zero-order chi connectivity index (χ0) is 25.0. The number of rotatable bonds is 6. The maximum absolute atomic E-state index is 14.2. The average Bonchev–Trinajstić information content (AvgIpc) is 3.42. The molecule has 0 bridgehead atoms. The predicted molar refractivity (Wildman–Crippen MR) is 132 cm³/mol. The molecule has 4 aromatic rings. The molecular weight excluding hydrogens is 512 g/mol. The quantitative estimate of drug-likeness (QED) is 0.352. The molecule has 2 N–H and O–H groups in total. The number of benzene rings is 1. The highest BCUT2D eigenvalue weighted by Gasteiger charge is 2.46. The average molecular weight is 537 g/mol. The lowest BCUT2D eigenvalue weighted by atomic mass is 10.1. The second kappa shape index (κ2) is 9.70. The Morgan fingerprint density at radius 2 is 1.89 bits per heavy atom. The molecule has 4 heterocycles. The number of hydrogen-bond acceptors (Lipinski definition) is 6. The first-order valence-electron chi connectivity index (χ1n) is 11.9. The van der Waals surface area contributed by atoms with Gasteiger partial charge in [0.15, 0.2) is 11.5 Å². The lowest BCUT2D eigenvalue weighted by Gasteiger charge is -2.30. The van der Waals surface area contributed by atoms with Gasteiger partial charge in [-0.15, -0.1) is 22.6 Å². The zero-order valence-corrected chi connectivity index (χ0v) is 20.5. The number of nitrogens with zero attached hydrogens (tertiary/aromatic N) is 5. The maximum atomic E-state index is 14.2.